The largest absolute Gasteiger partial charge is 0.508 e. The zero-order valence-electron chi connectivity index (χ0n) is 11.2. The lowest BCUT2D eigenvalue weighted by atomic mass is 10.1. The maximum absolute atomic E-state index is 12.3. The van der Waals surface area contributed by atoms with Gasteiger partial charge in [-0.3, -0.25) is 4.79 Å². The van der Waals surface area contributed by atoms with Crippen LogP contribution in [-0.2, 0) is 11.2 Å². The first-order valence-corrected chi connectivity index (χ1v) is 6.56. The van der Waals surface area contributed by atoms with Gasteiger partial charge in [-0.05, 0) is 13.1 Å². The molecule has 0 radical (unpaired) electrons. The summed E-state index contributed by atoms with van der Waals surface area (Å²) in [4.78, 5) is 16.4. The highest BCUT2D eigenvalue weighted by Gasteiger charge is 2.28. The van der Waals surface area contributed by atoms with Crippen LogP contribution in [0.2, 0.25) is 0 Å². The normalized spacial score (nSPS) is 20.5. The molecule has 0 aliphatic carbocycles. The van der Waals surface area contributed by atoms with Crippen molar-refractivity contribution < 1.29 is 9.90 Å². The van der Waals surface area contributed by atoms with Crippen LogP contribution in [0.5, 0.6) is 5.75 Å². The molecule has 1 aliphatic heterocycles. The first-order chi connectivity index (χ1) is 9.11. The van der Waals surface area contributed by atoms with Gasteiger partial charge >= 0.3 is 0 Å². The Kier molecular flexibility index (Phi) is 4.39. The number of phenolic OH excluding ortho intramolecular Hbond substituents is 1. The molecule has 1 fully saturated rings. The van der Waals surface area contributed by atoms with Gasteiger partial charge in [-0.2, -0.15) is 0 Å². The zero-order chi connectivity index (χ0) is 13.8. The summed E-state index contributed by atoms with van der Waals surface area (Å²) in [7, 11) is 2.04. The van der Waals surface area contributed by atoms with Crippen LogP contribution in [0.4, 0.5) is 0 Å². The number of likely N-dealkylation sites (N-methyl/N-ethyl adjacent to an activating group) is 1. The van der Waals surface area contributed by atoms with E-state index in [9.17, 15) is 9.90 Å². The summed E-state index contributed by atoms with van der Waals surface area (Å²) < 4.78 is 0. The third-order valence-corrected chi connectivity index (χ3v) is 3.61. The van der Waals surface area contributed by atoms with Crippen LogP contribution in [0.15, 0.2) is 24.3 Å². The third kappa shape index (κ3) is 3.24. The molecule has 1 aromatic rings. The monoisotopic (exact) mass is 263 g/mol. The average molecular weight is 263 g/mol. The van der Waals surface area contributed by atoms with Gasteiger partial charge in [-0.1, -0.05) is 18.2 Å². The fraction of sp³-hybridized carbons (Fsp3) is 0.500. The van der Waals surface area contributed by atoms with Gasteiger partial charge in [0.05, 0.1) is 12.5 Å². The summed E-state index contributed by atoms with van der Waals surface area (Å²) >= 11 is 0. The van der Waals surface area contributed by atoms with E-state index in [-0.39, 0.29) is 24.1 Å². The number of carbonyl (C=O) groups excluding carboxylic acids is 1. The van der Waals surface area contributed by atoms with Crippen LogP contribution in [-0.4, -0.2) is 60.1 Å². The Morgan fingerprint density at radius 2 is 2.16 bits per heavy atom. The van der Waals surface area contributed by atoms with Gasteiger partial charge in [0.25, 0.3) is 0 Å². The van der Waals surface area contributed by atoms with Crippen molar-refractivity contribution in [3.8, 4) is 5.75 Å². The maximum atomic E-state index is 12.3. The molecule has 1 saturated heterocycles. The zero-order valence-corrected chi connectivity index (χ0v) is 11.2. The number of rotatable bonds is 3. The molecule has 1 amide bonds. The number of phenols is 1. The maximum Gasteiger partial charge on any atom is 0.227 e. The van der Waals surface area contributed by atoms with E-state index in [0.29, 0.717) is 18.7 Å². The summed E-state index contributed by atoms with van der Waals surface area (Å²) in [5.74, 6) is 0.208. The van der Waals surface area contributed by atoms with Crippen molar-refractivity contribution in [2.24, 2.45) is 5.73 Å². The minimum absolute atomic E-state index is 0.0325. The minimum atomic E-state index is 0.0325. The smallest absolute Gasteiger partial charge is 0.227 e. The SMILES string of the molecule is CN1CCN(C(=O)Cc2ccccc2O)C(CN)C1. The molecule has 1 atom stereocenters. The van der Waals surface area contributed by atoms with Gasteiger partial charge < -0.3 is 20.6 Å². The van der Waals surface area contributed by atoms with E-state index >= 15 is 0 Å². The number of nitrogens with zero attached hydrogens (tertiary/aromatic N) is 2. The van der Waals surface area contributed by atoms with Crippen molar-refractivity contribution in [1.29, 1.82) is 0 Å². The first kappa shape index (κ1) is 13.8. The van der Waals surface area contributed by atoms with Crippen molar-refractivity contribution >= 4 is 5.91 Å². The summed E-state index contributed by atoms with van der Waals surface area (Å²) in [5.41, 5.74) is 6.42. The van der Waals surface area contributed by atoms with Crippen molar-refractivity contribution in [3.05, 3.63) is 29.8 Å². The number of aromatic hydroxyl groups is 1. The molecule has 0 saturated carbocycles. The van der Waals surface area contributed by atoms with Crippen molar-refractivity contribution in [2.45, 2.75) is 12.5 Å². The molecule has 0 aromatic heterocycles. The standard InChI is InChI=1S/C14H21N3O2/c1-16-6-7-17(12(9-15)10-16)14(19)8-11-4-2-3-5-13(11)18/h2-5,12,18H,6-10,15H2,1H3. The van der Waals surface area contributed by atoms with E-state index in [1.807, 2.05) is 18.0 Å². The van der Waals surface area contributed by atoms with Gasteiger partial charge in [0, 0.05) is 31.7 Å². The van der Waals surface area contributed by atoms with E-state index in [1.54, 1.807) is 18.2 Å². The van der Waals surface area contributed by atoms with Gasteiger partial charge in [-0.15, -0.1) is 0 Å². The second-order valence-electron chi connectivity index (χ2n) is 5.04. The molecule has 1 heterocycles. The van der Waals surface area contributed by atoms with E-state index in [4.69, 9.17) is 5.73 Å². The van der Waals surface area contributed by atoms with Crippen LogP contribution in [0.1, 0.15) is 5.56 Å². The molecule has 104 valence electrons. The number of piperazine rings is 1. The number of hydrogen-bond acceptors (Lipinski definition) is 4. The summed E-state index contributed by atoms with van der Waals surface area (Å²) in [6.07, 6.45) is 0.229. The molecule has 5 heteroatoms. The van der Waals surface area contributed by atoms with E-state index in [0.717, 1.165) is 13.1 Å². The Morgan fingerprint density at radius 1 is 1.42 bits per heavy atom. The Balaban J connectivity index is 2.05. The highest BCUT2D eigenvalue weighted by Crippen LogP contribution is 2.18. The highest BCUT2D eigenvalue weighted by molar-refractivity contribution is 5.80. The second kappa shape index (κ2) is 6.04. The van der Waals surface area contributed by atoms with Gasteiger partial charge in [-0.25, -0.2) is 0 Å². The van der Waals surface area contributed by atoms with Gasteiger partial charge in [0.2, 0.25) is 5.91 Å². The van der Waals surface area contributed by atoms with Crippen LogP contribution in [0.3, 0.4) is 0 Å². The Labute approximate surface area is 113 Å². The minimum Gasteiger partial charge on any atom is -0.508 e. The molecule has 19 heavy (non-hydrogen) atoms. The molecule has 1 aliphatic rings. The molecule has 2 rings (SSSR count). The topological polar surface area (TPSA) is 69.8 Å². The number of para-hydroxylation sites is 1. The number of carbonyl (C=O) groups is 1. The summed E-state index contributed by atoms with van der Waals surface area (Å²) in [5, 5.41) is 9.72. The quantitative estimate of drug-likeness (QED) is 0.807. The molecular formula is C14H21N3O2. The summed E-state index contributed by atoms with van der Waals surface area (Å²) in [6, 6.07) is 7.03. The van der Waals surface area contributed by atoms with Gasteiger partial charge in [0.15, 0.2) is 0 Å². The van der Waals surface area contributed by atoms with E-state index in [1.165, 1.54) is 0 Å². The van der Waals surface area contributed by atoms with Crippen molar-refractivity contribution in [3.63, 3.8) is 0 Å². The Morgan fingerprint density at radius 3 is 2.84 bits per heavy atom. The van der Waals surface area contributed by atoms with Crippen molar-refractivity contribution in [1.82, 2.24) is 9.80 Å². The number of benzene rings is 1. The average Bonchev–Trinajstić information content (AvgIpc) is 2.41. The Hall–Kier alpha value is -1.59. The molecule has 0 bridgehead atoms. The highest BCUT2D eigenvalue weighted by atomic mass is 16.3. The lowest BCUT2D eigenvalue weighted by Gasteiger charge is -2.39. The molecule has 0 spiro atoms. The summed E-state index contributed by atoms with van der Waals surface area (Å²) in [6.45, 7) is 2.84. The van der Waals surface area contributed by atoms with E-state index in [2.05, 4.69) is 4.90 Å². The van der Waals surface area contributed by atoms with Crippen LogP contribution in [0.25, 0.3) is 0 Å². The molecule has 1 unspecified atom stereocenters. The van der Waals surface area contributed by atoms with Crippen LogP contribution in [0, 0.1) is 0 Å². The lowest BCUT2D eigenvalue weighted by molar-refractivity contribution is -0.134. The number of amides is 1. The number of hydrogen-bond donors (Lipinski definition) is 2. The van der Waals surface area contributed by atoms with Crippen LogP contribution < -0.4 is 5.73 Å². The molecular weight excluding hydrogens is 242 g/mol. The molecule has 1 aromatic carbocycles. The van der Waals surface area contributed by atoms with Crippen LogP contribution >= 0.6 is 0 Å². The fourth-order valence-electron chi connectivity index (χ4n) is 2.47. The molecule has 3 N–H and O–H groups in total. The number of nitrogens with two attached hydrogens (primary N) is 1. The fourth-order valence-corrected chi connectivity index (χ4v) is 2.47. The third-order valence-electron chi connectivity index (χ3n) is 3.61. The van der Waals surface area contributed by atoms with Crippen molar-refractivity contribution in [2.75, 3.05) is 33.2 Å². The predicted molar refractivity (Wildman–Crippen MR) is 73.9 cm³/mol. The van der Waals surface area contributed by atoms with E-state index < -0.39 is 0 Å². The van der Waals surface area contributed by atoms with Gasteiger partial charge in [0.1, 0.15) is 5.75 Å². The second-order valence-corrected chi connectivity index (χ2v) is 5.04. The first-order valence-electron chi connectivity index (χ1n) is 6.56. The molecule has 5 nitrogen and oxygen atoms in total. The predicted octanol–water partition coefficient (Wildman–Crippen LogP) is 0.0360. The lowest BCUT2D eigenvalue weighted by Crippen LogP contribution is -2.57. The Bertz CT molecular complexity index is 450.